The molecule has 3 rings (SSSR count). The van der Waals surface area contributed by atoms with Gasteiger partial charge < -0.3 is 14.8 Å². The number of sulfonamides is 1. The fourth-order valence-electron chi connectivity index (χ4n) is 3.69. The van der Waals surface area contributed by atoms with Gasteiger partial charge in [0, 0.05) is 29.9 Å². The van der Waals surface area contributed by atoms with Crippen molar-refractivity contribution in [2.24, 2.45) is 0 Å². The summed E-state index contributed by atoms with van der Waals surface area (Å²) in [6.07, 6.45) is 3.64. The average molecular weight is 433 g/mol. The molecule has 0 saturated carbocycles. The van der Waals surface area contributed by atoms with E-state index in [0.717, 1.165) is 25.7 Å². The number of anilines is 1. The Morgan fingerprint density at radius 2 is 1.70 bits per heavy atom. The van der Waals surface area contributed by atoms with Crippen molar-refractivity contribution in [3.63, 3.8) is 0 Å². The van der Waals surface area contributed by atoms with Crippen LogP contribution in [0.3, 0.4) is 0 Å². The molecule has 1 unspecified atom stereocenters. The van der Waals surface area contributed by atoms with Gasteiger partial charge in [-0.2, -0.15) is 4.31 Å². The van der Waals surface area contributed by atoms with E-state index in [-0.39, 0.29) is 16.8 Å². The van der Waals surface area contributed by atoms with Gasteiger partial charge in [-0.25, -0.2) is 8.42 Å². The third kappa shape index (κ3) is 4.76. The quantitative estimate of drug-likeness (QED) is 0.717. The highest BCUT2D eigenvalue weighted by Gasteiger charge is 2.32. The number of amides is 1. The van der Waals surface area contributed by atoms with E-state index in [1.807, 2.05) is 6.92 Å². The Kier molecular flexibility index (Phi) is 6.99. The van der Waals surface area contributed by atoms with E-state index in [9.17, 15) is 13.2 Å². The Balaban J connectivity index is 1.77. The monoisotopic (exact) mass is 432 g/mol. The normalized spacial score (nSPS) is 17.4. The summed E-state index contributed by atoms with van der Waals surface area (Å²) in [4.78, 5) is 12.9. The molecule has 1 fully saturated rings. The van der Waals surface area contributed by atoms with Crippen LogP contribution in [-0.2, 0) is 10.0 Å². The van der Waals surface area contributed by atoms with Gasteiger partial charge in [-0.15, -0.1) is 0 Å². The van der Waals surface area contributed by atoms with Crippen molar-refractivity contribution in [2.45, 2.75) is 43.5 Å². The van der Waals surface area contributed by atoms with Crippen molar-refractivity contribution in [3.8, 4) is 11.5 Å². The molecular weight excluding hydrogens is 404 g/mol. The van der Waals surface area contributed by atoms with Crippen LogP contribution in [0.25, 0.3) is 0 Å². The summed E-state index contributed by atoms with van der Waals surface area (Å²) in [6.45, 7) is 2.57. The lowest BCUT2D eigenvalue weighted by Gasteiger charge is -2.34. The minimum atomic E-state index is -3.55. The van der Waals surface area contributed by atoms with Crippen LogP contribution in [0.1, 0.15) is 43.0 Å². The molecule has 1 heterocycles. The highest BCUT2D eigenvalue weighted by molar-refractivity contribution is 7.89. The Morgan fingerprint density at radius 1 is 1.07 bits per heavy atom. The predicted octanol–water partition coefficient (Wildman–Crippen LogP) is 3.91. The van der Waals surface area contributed by atoms with Gasteiger partial charge in [0.05, 0.1) is 19.1 Å². The summed E-state index contributed by atoms with van der Waals surface area (Å²) in [6, 6.07) is 11.2. The van der Waals surface area contributed by atoms with Crippen LogP contribution in [0.5, 0.6) is 11.5 Å². The Morgan fingerprint density at radius 3 is 2.27 bits per heavy atom. The zero-order valence-electron chi connectivity index (χ0n) is 17.6. The molecule has 7 nitrogen and oxygen atoms in total. The van der Waals surface area contributed by atoms with E-state index in [4.69, 9.17) is 9.47 Å². The number of hydrogen-bond donors (Lipinski definition) is 1. The number of benzene rings is 2. The lowest BCUT2D eigenvalue weighted by atomic mass is 10.0. The van der Waals surface area contributed by atoms with E-state index in [0.29, 0.717) is 29.3 Å². The number of nitrogens with one attached hydrogen (secondary N) is 1. The third-order valence-corrected chi connectivity index (χ3v) is 7.34. The summed E-state index contributed by atoms with van der Waals surface area (Å²) < 4.78 is 38.1. The first-order valence-electron chi connectivity index (χ1n) is 10.1. The third-order valence-electron chi connectivity index (χ3n) is 5.38. The number of nitrogens with zero attached hydrogens (tertiary/aromatic N) is 1. The topological polar surface area (TPSA) is 84.9 Å². The predicted molar refractivity (Wildman–Crippen MR) is 116 cm³/mol. The minimum absolute atomic E-state index is 0.0474. The zero-order valence-corrected chi connectivity index (χ0v) is 18.4. The average Bonchev–Trinajstić information content (AvgIpc) is 2.78. The van der Waals surface area contributed by atoms with Crippen LogP contribution in [0.15, 0.2) is 47.4 Å². The lowest BCUT2D eigenvalue weighted by Crippen LogP contribution is -2.43. The van der Waals surface area contributed by atoms with Gasteiger partial charge in [0.15, 0.2) is 0 Å². The lowest BCUT2D eigenvalue weighted by molar-refractivity contribution is 0.102. The highest BCUT2D eigenvalue weighted by atomic mass is 32.2. The van der Waals surface area contributed by atoms with Crippen LogP contribution in [0, 0.1) is 0 Å². The molecule has 0 spiro atoms. The summed E-state index contributed by atoms with van der Waals surface area (Å²) in [5.41, 5.74) is 0.883. The largest absolute Gasteiger partial charge is 0.497 e. The molecule has 8 heteroatoms. The molecule has 0 radical (unpaired) electrons. The van der Waals surface area contributed by atoms with Gasteiger partial charge >= 0.3 is 0 Å². The first kappa shape index (κ1) is 22.1. The van der Waals surface area contributed by atoms with Crippen LogP contribution >= 0.6 is 0 Å². The van der Waals surface area contributed by atoms with Crippen LogP contribution in [0.2, 0.25) is 0 Å². The molecule has 1 saturated heterocycles. The molecule has 0 bridgehead atoms. The Bertz CT molecular complexity index is 967. The minimum Gasteiger partial charge on any atom is -0.497 e. The first-order valence-corrected chi connectivity index (χ1v) is 11.5. The van der Waals surface area contributed by atoms with Gasteiger partial charge in [0.25, 0.3) is 5.91 Å². The number of hydrogen-bond acceptors (Lipinski definition) is 5. The van der Waals surface area contributed by atoms with Crippen molar-refractivity contribution in [2.75, 3.05) is 26.1 Å². The van der Waals surface area contributed by atoms with E-state index in [1.165, 1.54) is 14.2 Å². The van der Waals surface area contributed by atoms with Crippen molar-refractivity contribution in [1.29, 1.82) is 0 Å². The fourth-order valence-corrected chi connectivity index (χ4v) is 5.45. The van der Waals surface area contributed by atoms with Gasteiger partial charge in [-0.3, -0.25) is 4.79 Å². The fraction of sp³-hybridized carbons (Fsp3) is 0.409. The summed E-state index contributed by atoms with van der Waals surface area (Å²) in [5, 5.41) is 2.78. The zero-order chi connectivity index (χ0) is 21.7. The maximum Gasteiger partial charge on any atom is 0.255 e. The van der Waals surface area contributed by atoms with Gasteiger partial charge in [-0.05, 0) is 55.7 Å². The summed E-state index contributed by atoms with van der Waals surface area (Å²) >= 11 is 0. The van der Waals surface area contributed by atoms with Crippen molar-refractivity contribution in [3.05, 3.63) is 48.0 Å². The van der Waals surface area contributed by atoms with E-state index in [2.05, 4.69) is 5.32 Å². The SMILES string of the molecule is CCC1CCCCN1S(=O)(=O)c1ccc(NC(=O)c2cc(OC)cc(OC)c2)cc1. The molecular formula is C22H28N2O5S. The molecule has 1 aliphatic rings. The second-order valence-corrected chi connectivity index (χ2v) is 9.14. The Hall–Kier alpha value is -2.58. The second kappa shape index (κ2) is 9.49. The maximum absolute atomic E-state index is 13.1. The smallest absolute Gasteiger partial charge is 0.255 e. The van der Waals surface area contributed by atoms with Crippen molar-refractivity contribution < 1.29 is 22.7 Å². The molecule has 1 amide bonds. The molecule has 0 aromatic heterocycles. The molecule has 30 heavy (non-hydrogen) atoms. The number of methoxy groups -OCH3 is 2. The number of piperidine rings is 1. The first-order chi connectivity index (χ1) is 14.4. The number of rotatable bonds is 7. The van der Waals surface area contributed by atoms with Gasteiger partial charge in [-0.1, -0.05) is 13.3 Å². The summed E-state index contributed by atoms with van der Waals surface area (Å²) in [5.74, 6) is 0.672. The highest BCUT2D eigenvalue weighted by Crippen LogP contribution is 2.28. The Labute approximate surface area is 178 Å². The number of ether oxygens (including phenoxy) is 2. The molecule has 1 atom stereocenters. The molecule has 162 valence electrons. The number of carbonyl (C=O) groups excluding carboxylic acids is 1. The summed E-state index contributed by atoms with van der Waals surface area (Å²) in [7, 11) is -0.521. The molecule has 1 N–H and O–H groups in total. The van der Waals surface area contributed by atoms with Crippen LogP contribution < -0.4 is 14.8 Å². The van der Waals surface area contributed by atoms with E-state index < -0.39 is 10.0 Å². The standard InChI is InChI=1S/C22H28N2O5S/c1-4-18-7-5-6-12-24(18)30(26,27)21-10-8-17(9-11-21)23-22(25)16-13-19(28-2)15-20(14-16)29-3/h8-11,13-15,18H,4-7,12H2,1-3H3,(H,23,25). The maximum atomic E-state index is 13.1. The van der Waals surface area contributed by atoms with Crippen molar-refractivity contribution in [1.82, 2.24) is 4.31 Å². The molecule has 1 aliphatic heterocycles. The second-order valence-electron chi connectivity index (χ2n) is 7.25. The van der Waals surface area contributed by atoms with Gasteiger partial charge in [0.1, 0.15) is 11.5 Å². The number of carbonyl (C=O) groups is 1. The van der Waals surface area contributed by atoms with E-state index in [1.54, 1.807) is 46.8 Å². The molecule has 2 aromatic rings. The van der Waals surface area contributed by atoms with E-state index >= 15 is 0 Å². The van der Waals surface area contributed by atoms with Gasteiger partial charge in [0.2, 0.25) is 10.0 Å². The van der Waals surface area contributed by atoms with Crippen molar-refractivity contribution >= 4 is 21.6 Å². The molecule has 0 aliphatic carbocycles. The van der Waals surface area contributed by atoms with Crippen LogP contribution in [-0.4, -0.2) is 45.4 Å². The molecule has 2 aromatic carbocycles. The van der Waals surface area contributed by atoms with Crippen LogP contribution in [0.4, 0.5) is 5.69 Å².